The smallest absolute Gasteiger partial charge is 0.291 e. The van der Waals surface area contributed by atoms with Gasteiger partial charge in [-0.2, -0.15) is 0 Å². The molecule has 0 radical (unpaired) electrons. The normalized spacial score (nSPS) is 10.8. The molecule has 2 aromatic heterocycles. The fourth-order valence-corrected chi connectivity index (χ4v) is 2.16. The molecule has 3 aromatic rings. The lowest BCUT2D eigenvalue weighted by Crippen LogP contribution is -2.10. The molecule has 0 bridgehead atoms. The van der Waals surface area contributed by atoms with Crippen LogP contribution in [0.15, 0.2) is 47.3 Å². The van der Waals surface area contributed by atoms with Gasteiger partial charge in [0.2, 0.25) is 0 Å². The maximum absolute atomic E-state index is 11.9. The Kier molecular flexibility index (Phi) is 3.25. The summed E-state index contributed by atoms with van der Waals surface area (Å²) >= 11 is 0. The minimum Gasteiger partial charge on any atom is -0.459 e. The number of benzene rings is 1. The Balaban J connectivity index is 1.84. The second kappa shape index (κ2) is 5.21. The molecule has 0 aliphatic heterocycles. The molecular formula is C15H15N3O2. The van der Waals surface area contributed by atoms with E-state index in [9.17, 15) is 4.79 Å². The highest BCUT2D eigenvalue weighted by Gasteiger charge is 2.10. The number of hydrogen-bond acceptors (Lipinski definition) is 3. The molecule has 5 nitrogen and oxygen atoms in total. The van der Waals surface area contributed by atoms with Crippen LogP contribution in [0.4, 0.5) is 5.69 Å². The van der Waals surface area contributed by atoms with E-state index in [1.165, 1.54) is 6.26 Å². The predicted octanol–water partition coefficient (Wildman–Crippen LogP) is 3.29. The topological polar surface area (TPSA) is 60.1 Å². The molecule has 20 heavy (non-hydrogen) atoms. The van der Waals surface area contributed by atoms with Crippen molar-refractivity contribution in [1.82, 2.24) is 9.55 Å². The van der Waals surface area contributed by atoms with E-state index in [-0.39, 0.29) is 5.91 Å². The highest BCUT2D eigenvalue weighted by atomic mass is 16.3. The van der Waals surface area contributed by atoms with Crippen molar-refractivity contribution in [1.29, 1.82) is 0 Å². The monoisotopic (exact) mass is 269 g/mol. The van der Waals surface area contributed by atoms with Crippen LogP contribution in [0, 0.1) is 0 Å². The van der Waals surface area contributed by atoms with Crippen molar-refractivity contribution >= 4 is 22.6 Å². The van der Waals surface area contributed by atoms with Crippen LogP contribution in [-0.2, 0) is 6.54 Å². The molecule has 0 atom stereocenters. The van der Waals surface area contributed by atoms with Gasteiger partial charge in [-0.05, 0) is 36.8 Å². The molecular weight excluding hydrogens is 254 g/mol. The summed E-state index contributed by atoms with van der Waals surface area (Å²) in [5.41, 5.74) is 2.65. The van der Waals surface area contributed by atoms with Gasteiger partial charge in [0.15, 0.2) is 5.76 Å². The number of fused-ring (bicyclic) bond motifs is 1. The van der Waals surface area contributed by atoms with Gasteiger partial charge in [0.1, 0.15) is 0 Å². The maximum Gasteiger partial charge on any atom is 0.291 e. The first-order valence-corrected chi connectivity index (χ1v) is 6.57. The third-order valence-electron chi connectivity index (χ3n) is 3.09. The lowest BCUT2D eigenvalue weighted by Gasteiger charge is -2.04. The molecule has 0 saturated carbocycles. The van der Waals surface area contributed by atoms with E-state index in [1.807, 2.05) is 24.5 Å². The average molecular weight is 269 g/mol. The number of imidazole rings is 1. The summed E-state index contributed by atoms with van der Waals surface area (Å²) in [6.45, 7) is 3.07. The fourth-order valence-electron chi connectivity index (χ4n) is 2.16. The number of hydrogen-bond donors (Lipinski definition) is 1. The Bertz CT molecular complexity index is 729. The fraction of sp³-hybridized carbons (Fsp3) is 0.200. The highest BCUT2D eigenvalue weighted by Crippen LogP contribution is 2.19. The van der Waals surface area contributed by atoms with Gasteiger partial charge >= 0.3 is 0 Å². The Labute approximate surface area is 116 Å². The molecule has 3 rings (SSSR count). The van der Waals surface area contributed by atoms with Crippen molar-refractivity contribution in [2.45, 2.75) is 19.9 Å². The number of aromatic nitrogens is 2. The summed E-state index contributed by atoms with van der Waals surface area (Å²) < 4.78 is 7.16. The number of carbonyl (C=O) groups excluding carboxylic acids is 1. The van der Waals surface area contributed by atoms with Gasteiger partial charge < -0.3 is 14.3 Å². The zero-order valence-corrected chi connectivity index (χ0v) is 11.2. The minimum absolute atomic E-state index is 0.262. The molecule has 102 valence electrons. The standard InChI is InChI=1S/C15H15N3O2/c1-2-7-18-10-16-12-9-11(5-6-13(12)18)17-15(19)14-4-3-8-20-14/h3-6,8-10H,2,7H2,1H3,(H,17,19). The van der Waals surface area contributed by atoms with Gasteiger partial charge in [0, 0.05) is 12.2 Å². The van der Waals surface area contributed by atoms with Gasteiger partial charge in [0.25, 0.3) is 5.91 Å². The zero-order chi connectivity index (χ0) is 13.9. The lowest BCUT2D eigenvalue weighted by atomic mass is 10.2. The Morgan fingerprint density at radius 3 is 3.05 bits per heavy atom. The number of amides is 1. The predicted molar refractivity (Wildman–Crippen MR) is 76.7 cm³/mol. The van der Waals surface area contributed by atoms with Crippen LogP contribution in [0.2, 0.25) is 0 Å². The van der Waals surface area contributed by atoms with E-state index in [0.29, 0.717) is 11.4 Å². The molecule has 0 aliphatic rings. The Morgan fingerprint density at radius 1 is 1.40 bits per heavy atom. The first-order valence-electron chi connectivity index (χ1n) is 6.57. The van der Waals surface area contributed by atoms with Gasteiger partial charge in [-0.3, -0.25) is 4.79 Å². The molecule has 2 heterocycles. The van der Waals surface area contributed by atoms with Crippen LogP contribution in [0.25, 0.3) is 11.0 Å². The number of furan rings is 1. The van der Waals surface area contributed by atoms with Crippen molar-refractivity contribution in [3.05, 3.63) is 48.7 Å². The summed E-state index contributed by atoms with van der Waals surface area (Å²) in [5, 5.41) is 2.80. The Morgan fingerprint density at radius 2 is 2.30 bits per heavy atom. The highest BCUT2D eigenvalue weighted by molar-refractivity contribution is 6.03. The number of rotatable bonds is 4. The van der Waals surface area contributed by atoms with E-state index in [4.69, 9.17) is 4.42 Å². The van der Waals surface area contributed by atoms with Crippen LogP contribution in [0.5, 0.6) is 0 Å². The summed E-state index contributed by atoms with van der Waals surface area (Å²) in [5.74, 6) is 0.0314. The number of nitrogens with one attached hydrogen (secondary N) is 1. The van der Waals surface area contributed by atoms with Crippen molar-refractivity contribution in [2.24, 2.45) is 0 Å². The molecule has 1 aromatic carbocycles. The lowest BCUT2D eigenvalue weighted by molar-refractivity contribution is 0.0996. The maximum atomic E-state index is 11.9. The first kappa shape index (κ1) is 12.5. The molecule has 0 aliphatic carbocycles. The van der Waals surface area contributed by atoms with Crippen molar-refractivity contribution in [3.63, 3.8) is 0 Å². The second-order valence-corrected chi connectivity index (χ2v) is 4.57. The third-order valence-corrected chi connectivity index (χ3v) is 3.09. The first-order chi connectivity index (χ1) is 9.78. The van der Waals surface area contributed by atoms with Crippen molar-refractivity contribution < 1.29 is 9.21 Å². The zero-order valence-electron chi connectivity index (χ0n) is 11.2. The van der Waals surface area contributed by atoms with E-state index < -0.39 is 0 Å². The minimum atomic E-state index is -0.262. The molecule has 0 saturated heterocycles. The third kappa shape index (κ3) is 2.30. The van der Waals surface area contributed by atoms with Crippen LogP contribution in [0.3, 0.4) is 0 Å². The van der Waals surface area contributed by atoms with Crippen LogP contribution < -0.4 is 5.32 Å². The molecule has 1 amide bonds. The largest absolute Gasteiger partial charge is 0.459 e. The summed E-state index contributed by atoms with van der Waals surface area (Å²) in [6.07, 6.45) is 4.36. The Hall–Kier alpha value is -2.56. The van der Waals surface area contributed by atoms with E-state index in [1.54, 1.807) is 12.1 Å². The van der Waals surface area contributed by atoms with Gasteiger partial charge in [-0.25, -0.2) is 4.98 Å². The van der Waals surface area contributed by atoms with E-state index in [2.05, 4.69) is 21.8 Å². The SMILES string of the molecule is CCCn1cnc2cc(NC(=O)c3ccco3)ccc21. The van der Waals surface area contributed by atoms with Crippen molar-refractivity contribution in [3.8, 4) is 0 Å². The number of carbonyl (C=O) groups is 1. The average Bonchev–Trinajstić information content (AvgIpc) is 3.09. The molecule has 1 N–H and O–H groups in total. The van der Waals surface area contributed by atoms with Crippen LogP contribution in [-0.4, -0.2) is 15.5 Å². The quantitative estimate of drug-likeness (QED) is 0.790. The van der Waals surface area contributed by atoms with E-state index in [0.717, 1.165) is 24.0 Å². The number of anilines is 1. The summed E-state index contributed by atoms with van der Waals surface area (Å²) in [6, 6.07) is 9.02. The van der Waals surface area contributed by atoms with Crippen molar-refractivity contribution in [2.75, 3.05) is 5.32 Å². The van der Waals surface area contributed by atoms with Gasteiger partial charge in [-0.1, -0.05) is 6.92 Å². The summed E-state index contributed by atoms with van der Waals surface area (Å²) in [7, 11) is 0. The van der Waals surface area contributed by atoms with Gasteiger partial charge in [0.05, 0.1) is 23.6 Å². The number of aryl methyl sites for hydroxylation is 1. The molecule has 0 unspecified atom stereocenters. The summed E-state index contributed by atoms with van der Waals surface area (Å²) in [4.78, 5) is 16.2. The number of nitrogens with zero attached hydrogens (tertiary/aromatic N) is 2. The molecule has 0 spiro atoms. The van der Waals surface area contributed by atoms with Crippen LogP contribution in [0.1, 0.15) is 23.9 Å². The molecule has 5 heteroatoms. The molecule has 0 fully saturated rings. The van der Waals surface area contributed by atoms with E-state index >= 15 is 0 Å². The van der Waals surface area contributed by atoms with Crippen LogP contribution >= 0.6 is 0 Å². The second-order valence-electron chi connectivity index (χ2n) is 4.57. The van der Waals surface area contributed by atoms with Gasteiger partial charge in [-0.15, -0.1) is 0 Å².